The highest BCUT2D eigenvalue weighted by molar-refractivity contribution is 5.85. The predicted molar refractivity (Wildman–Crippen MR) is 86.9 cm³/mol. The quantitative estimate of drug-likeness (QED) is 0.786. The Morgan fingerprint density at radius 3 is 3.04 bits per heavy atom. The largest absolute Gasteiger partial charge is 0.368 e. The molecule has 8 atom stereocenters. The third kappa shape index (κ3) is 1.44. The molecule has 2 N–H and O–H groups in total. The van der Waals surface area contributed by atoms with Gasteiger partial charge in [-0.2, -0.15) is 0 Å². The minimum absolute atomic E-state index is 0.281. The van der Waals surface area contributed by atoms with Crippen LogP contribution in [0, 0.1) is 17.8 Å². The average Bonchev–Trinajstić information content (AvgIpc) is 2.93. The second-order valence-corrected chi connectivity index (χ2v) is 7.90. The number of aromatic nitrogens is 1. The number of benzene rings is 1. The molecular formula is C19H22N2O2. The maximum Gasteiger partial charge on any atom is 0.159 e. The van der Waals surface area contributed by atoms with Gasteiger partial charge in [-0.3, -0.25) is 4.90 Å². The van der Waals surface area contributed by atoms with Crippen molar-refractivity contribution in [2.24, 2.45) is 17.8 Å². The fourth-order valence-corrected chi connectivity index (χ4v) is 6.30. The van der Waals surface area contributed by atoms with E-state index in [4.69, 9.17) is 4.74 Å². The number of nitrogens with one attached hydrogen (secondary N) is 1. The van der Waals surface area contributed by atoms with Crippen molar-refractivity contribution in [3.63, 3.8) is 0 Å². The van der Waals surface area contributed by atoms with Gasteiger partial charge in [-0.15, -0.1) is 0 Å². The Morgan fingerprint density at radius 2 is 2.13 bits per heavy atom. The molecule has 6 heterocycles. The maximum atomic E-state index is 10.5. The molecule has 0 spiro atoms. The third-order valence-corrected chi connectivity index (χ3v) is 7.20. The van der Waals surface area contributed by atoms with Gasteiger partial charge < -0.3 is 14.8 Å². The van der Waals surface area contributed by atoms with E-state index >= 15 is 0 Å². The molecule has 0 saturated carbocycles. The molecule has 1 unspecified atom stereocenters. The first-order valence-corrected chi connectivity index (χ1v) is 8.90. The molecule has 4 fully saturated rings. The van der Waals surface area contributed by atoms with E-state index in [0.29, 0.717) is 30.0 Å². The zero-order chi connectivity index (χ0) is 15.3. The fourth-order valence-electron chi connectivity index (χ4n) is 6.30. The van der Waals surface area contributed by atoms with Crippen LogP contribution in [-0.2, 0) is 11.2 Å². The lowest BCUT2D eigenvalue weighted by Gasteiger charge is -2.65. The Labute approximate surface area is 135 Å². The maximum absolute atomic E-state index is 10.5. The summed E-state index contributed by atoms with van der Waals surface area (Å²) in [4.78, 5) is 6.43. The molecule has 23 heavy (non-hydrogen) atoms. The molecule has 1 aromatic carbocycles. The Kier molecular flexibility index (Phi) is 2.36. The summed E-state index contributed by atoms with van der Waals surface area (Å²) in [6.07, 6.45) is 1.62. The minimum atomic E-state index is -0.580. The van der Waals surface area contributed by atoms with E-state index < -0.39 is 6.29 Å². The monoisotopic (exact) mass is 310 g/mol. The van der Waals surface area contributed by atoms with E-state index in [2.05, 4.69) is 41.1 Å². The molecule has 5 aliphatic rings. The second kappa shape index (κ2) is 4.18. The normalized spacial score (nSPS) is 46.9. The van der Waals surface area contributed by atoms with Crippen LogP contribution in [0.5, 0.6) is 0 Å². The smallest absolute Gasteiger partial charge is 0.159 e. The number of fused-ring (bicyclic) bond motifs is 3. The van der Waals surface area contributed by atoms with E-state index in [0.717, 1.165) is 19.4 Å². The Morgan fingerprint density at radius 1 is 1.26 bits per heavy atom. The first-order valence-electron chi connectivity index (χ1n) is 8.90. The Hall–Kier alpha value is -1.36. The van der Waals surface area contributed by atoms with E-state index in [9.17, 15) is 5.11 Å². The number of para-hydroxylation sites is 1. The van der Waals surface area contributed by atoms with E-state index in [1.165, 1.54) is 22.2 Å². The minimum Gasteiger partial charge on any atom is -0.368 e. The molecular weight excluding hydrogens is 288 g/mol. The van der Waals surface area contributed by atoms with Crippen molar-refractivity contribution >= 4 is 10.9 Å². The number of hydrogen-bond acceptors (Lipinski definition) is 3. The summed E-state index contributed by atoms with van der Waals surface area (Å²) in [5, 5.41) is 11.9. The van der Waals surface area contributed by atoms with Crippen molar-refractivity contribution in [3.8, 4) is 0 Å². The van der Waals surface area contributed by atoms with Gasteiger partial charge in [0.25, 0.3) is 0 Å². The summed E-state index contributed by atoms with van der Waals surface area (Å²) in [5.41, 5.74) is 4.18. The van der Waals surface area contributed by atoms with Crippen molar-refractivity contribution in [1.82, 2.24) is 9.88 Å². The van der Waals surface area contributed by atoms with Gasteiger partial charge in [0.2, 0.25) is 0 Å². The van der Waals surface area contributed by atoms with Crippen LogP contribution in [0.3, 0.4) is 0 Å². The van der Waals surface area contributed by atoms with Crippen LogP contribution in [0.1, 0.15) is 30.6 Å². The summed E-state index contributed by atoms with van der Waals surface area (Å²) in [6, 6.07) is 10.1. The summed E-state index contributed by atoms with van der Waals surface area (Å²) in [7, 11) is 0. The summed E-state index contributed by atoms with van der Waals surface area (Å²) < 4.78 is 5.74. The number of hydrogen-bond donors (Lipinski definition) is 2. The second-order valence-electron chi connectivity index (χ2n) is 7.90. The number of H-pyrrole nitrogens is 1. The number of rotatable bonds is 0. The molecule has 1 aromatic heterocycles. The first-order chi connectivity index (χ1) is 11.2. The molecule has 2 aromatic rings. The number of aliphatic hydroxyl groups is 1. The van der Waals surface area contributed by atoms with Crippen LogP contribution in [0.15, 0.2) is 24.3 Å². The number of aliphatic hydroxyl groups excluding tert-OH is 1. The van der Waals surface area contributed by atoms with E-state index in [-0.39, 0.29) is 5.92 Å². The van der Waals surface area contributed by atoms with Crippen molar-refractivity contribution in [1.29, 1.82) is 0 Å². The van der Waals surface area contributed by atoms with Gasteiger partial charge in [0.15, 0.2) is 6.29 Å². The van der Waals surface area contributed by atoms with Crippen molar-refractivity contribution < 1.29 is 9.84 Å². The number of piperidine rings is 3. The van der Waals surface area contributed by atoms with Gasteiger partial charge in [0.05, 0.1) is 12.6 Å². The predicted octanol–water partition coefficient (Wildman–Crippen LogP) is 2.44. The summed E-state index contributed by atoms with van der Waals surface area (Å²) >= 11 is 0. The molecule has 4 nitrogen and oxygen atoms in total. The number of ether oxygens (including phenoxy) is 1. The number of nitrogens with zero attached hydrogens (tertiary/aromatic N) is 1. The standard InChI is InChI=1S/C19H22N2O2/c1-9-13-8-23-19(22)17-11(13)6-16-18-12(7-15(17)21(9)16)10-4-2-3-5-14(10)20-18/h2-5,9,11,13,15-17,19-20,22H,6-8H2,1H3/t9-,11+,13+,15-,16-,17+,19-/m0/s1. The highest BCUT2D eigenvalue weighted by Gasteiger charge is 2.61. The van der Waals surface area contributed by atoms with Crippen LogP contribution in [0.25, 0.3) is 10.9 Å². The molecule has 6 bridgehead atoms. The van der Waals surface area contributed by atoms with Gasteiger partial charge in [-0.25, -0.2) is 0 Å². The third-order valence-electron chi connectivity index (χ3n) is 7.20. The zero-order valence-corrected chi connectivity index (χ0v) is 13.3. The average molecular weight is 310 g/mol. The topological polar surface area (TPSA) is 48.5 Å². The molecule has 0 amide bonds. The van der Waals surface area contributed by atoms with Crippen molar-refractivity contribution in [2.75, 3.05) is 6.61 Å². The van der Waals surface area contributed by atoms with Gasteiger partial charge in [-0.05, 0) is 37.3 Å². The highest BCUT2D eigenvalue weighted by atomic mass is 16.6. The lowest BCUT2D eigenvalue weighted by molar-refractivity contribution is -0.280. The van der Waals surface area contributed by atoms with Crippen molar-refractivity contribution in [2.45, 2.75) is 44.2 Å². The molecule has 4 saturated heterocycles. The number of aromatic amines is 1. The van der Waals surface area contributed by atoms with E-state index in [1.807, 2.05) is 0 Å². The molecule has 4 heteroatoms. The van der Waals surface area contributed by atoms with E-state index in [1.54, 1.807) is 0 Å². The van der Waals surface area contributed by atoms with Crippen LogP contribution >= 0.6 is 0 Å². The van der Waals surface area contributed by atoms with Crippen LogP contribution in [-0.4, -0.2) is 40.0 Å². The van der Waals surface area contributed by atoms with Gasteiger partial charge >= 0.3 is 0 Å². The first kappa shape index (κ1) is 13.0. The molecule has 7 rings (SSSR count). The zero-order valence-electron chi connectivity index (χ0n) is 13.3. The molecule has 0 radical (unpaired) electrons. The van der Waals surface area contributed by atoms with Crippen LogP contribution in [0.2, 0.25) is 0 Å². The highest BCUT2D eigenvalue weighted by Crippen LogP contribution is 2.58. The molecule has 0 aliphatic carbocycles. The lowest BCUT2D eigenvalue weighted by Crippen LogP contribution is -2.71. The fraction of sp³-hybridized carbons (Fsp3) is 0.579. The SMILES string of the molecule is C[C@H]1[C@H]2CO[C@H](O)[C@@H]3[C@@H]2C[C@H]2c4[nH]c5ccccc5c4C[C@@H]3N21. The van der Waals surface area contributed by atoms with Gasteiger partial charge in [-0.1, -0.05) is 18.2 Å². The lowest BCUT2D eigenvalue weighted by atomic mass is 9.58. The van der Waals surface area contributed by atoms with Crippen LogP contribution in [0.4, 0.5) is 0 Å². The summed E-state index contributed by atoms with van der Waals surface area (Å²) in [5.74, 6) is 1.47. The Bertz CT molecular complexity index is 800. The summed E-state index contributed by atoms with van der Waals surface area (Å²) in [6.45, 7) is 3.08. The van der Waals surface area contributed by atoms with Crippen LogP contribution < -0.4 is 0 Å². The van der Waals surface area contributed by atoms with Gasteiger partial charge in [0, 0.05) is 40.5 Å². The van der Waals surface area contributed by atoms with Gasteiger partial charge in [0.1, 0.15) is 0 Å². The molecule has 120 valence electrons. The van der Waals surface area contributed by atoms with Crippen molar-refractivity contribution in [3.05, 3.63) is 35.5 Å². The molecule has 5 aliphatic heterocycles. The Balaban J connectivity index is 1.56.